The number of hydrogen-bond donors (Lipinski definition) is 5. The largest absolute Gasteiger partial charge is 0.495 e. The normalized spacial score (nSPS) is 17.0. The summed E-state index contributed by atoms with van der Waals surface area (Å²) in [6.07, 6.45) is 2.09. The number of rotatable bonds is 11. The Kier molecular flexibility index (Phi) is 10.1. The molecular formula is C29H36ClFN8O4. The van der Waals surface area contributed by atoms with E-state index in [1.807, 2.05) is 14.1 Å². The van der Waals surface area contributed by atoms with Gasteiger partial charge in [0.2, 0.25) is 17.8 Å². The molecule has 2 heterocycles. The molecule has 2 aromatic carbocycles. The molecule has 3 aromatic rings. The summed E-state index contributed by atoms with van der Waals surface area (Å²) in [6, 6.07) is 5.98. The van der Waals surface area contributed by atoms with Gasteiger partial charge in [0.05, 0.1) is 36.1 Å². The highest BCUT2D eigenvalue weighted by molar-refractivity contribution is 6.31. The van der Waals surface area contributed by atoms with E-state index in [9.17, 15) is 14.3 Å². The Morgan fingerprint density at radius 3 is 2.56 bits per heavy atom. The van der Waals surface area contributed by atoms with Gasteiger partial charge in [-0.15, -0.1) is 0 Å². The molecule has 230 valence electrons. The lowest BCUT2D eigenvalue weighted by Gasteiger charge is -2.36. The van der Waals surface area contributed by atoms with E-state index in [4.69, 9.17) is 21.1 Å². The van der Waals surface area contributed by atoms with Gasteiger partial charge in [0, 0.05) is 35.6 Å². The van der Waals surface area contributed by atoms with Crippen molar-refractivity contribution in [2.45, 2.75) is 31.6 Å². The number of likely N-dealkylation sites (N-methyl/N-ethyl adjacent to an activating group) is 1. The fourth-order valence-corrected chi connectivity index (χ4v) is 4.88. The van der Waals surface area contributed by atoms with Crippen LogP contribution in [0.5, 0.6) is 5.75 Å². The number of aliphatic hydroxyl groups is 1. The first-order valence-electron chi connectivity index (χ1n) is 13.5. The number of aromatic nitrogens is 3. The first kappa shape index (κ1) is 32.0. The molecule has 2 atom stereocenters. The molecule has 12 nitrogen and oxygen atoms in total. The summed E-state index contributed by atoms with van der Waals surface area (Å²) in [5.41, 5.74) is 0.873. The van der Waals surface area contributed by atoms with E-state index in [0.717, 1.165) is 11.6 Å². The topological polar surface area (TPSA) is 146 Å². The Bertz CT molecular complexity index is 1480. The maximum atomic E-state index is 14.2. The van der Waals surface area contributed by atoms with E-state index in [-0.39, 0.29) is 34.6 Å². The highest BCUT2D eigenvalue weighted by Crippen LogP contribution is 2.39. The SMILES string of the molecule is C=CC(=O)Nc1cc(Nc2ncnc(Nc3cc(Cl)c(F)cc3C(C)(C)O)n2)c(OC)cc1C1OCCNC1CN(C)C. The van der Waals surface area contributed by atoms with Gasteiger partial charge in [0.1, 0.15) is 24.0 Å². The second-order valence-corrected chi connectivity index (χ2v) is 11.1. The molecular weight excluding hydrogens is 579 g/mol. The number of benzene rings is 2. The van der Waals surface area contributed by atoms with Gasteiger partial charge >= 0.3 is 0 Å². The van der Waals surface area contributed by atoms with E-state index in [2.05, 4.69) is 47.7 Å². The first-order chi connectivity index (χ1) is 20.4. The van der Waals surface area contributed by atoms with Crippen LogP contribution in [0.4, 0.5) is 33.3 Å². The number of nitrogens with zero attached hydrogens (tertiary/aromatic N) is 4. The van der Waals surface area contributed by atoms with Gasteiger partial charge in [0.15, 0.2) is 0 Å². The quantitative estimate of drug-likeness (QED) is 0.199. The first-order valence-corrected chi connectivity index (χ1v) is 13.9. The van der Waals surface area contributed by atoms with Crippen LogP contribution < -0.4 is 26.0 Å². The van der Waals surface area contributed by atoms with Crippen LogP contribution in [0.2, 0.25) is 5.02 Å². The number of carbonyl (C=O) groups is 1. The van der Waals surface area contributed by atoms with Crippen molar-refractivity contribution in [1.82, 2.24) is 25.2 Å². The van der Waals surface area contributed by atoms with Gasteiger partial charge in [-0.3, -0.25) is 4.79 Å². The Labute approximate surface area is 254 Å². The van der Waals surface area contributed by atoms with Crippen molar-refractivity contribution in [3.05, 3.63) is 65.2 Å². The molecule has 0 spiro atoms. The van der Waals surface area contributed by atoms with Crippen LogP contribution >= 0.6 is 11.6 Å². The molecule has 1 fully saturated rings. The number of hydrogen-bond acceptors (Lipinski definition) is 11. The van der Waals surface area contributed by atoms with E-state index in [1.54, 1.807) is 12.1 Å². The summed E-state index contributed by atoms with van der Waals surface area (Å²) in [5.74, 6) is -0.357. The summed E-state index contributed by atoms with van der Waals surface area (Å²) in [7, 11) is 5.49. The van der Waals surface area contributed by atoms with Crippen molar-refractivity contribution >= 4 is 46.5 Å². The Balaban J connectivity index is 1.69. The molecule has 1 aromatic heterocycles. The van der Waals surface area contributed by atoms with Crippen molar-refractivity contribution in [3.8, 4) is 5.75 Å². The van der Waals surface area contributed by atoms with Gasteiger partial charge in [-0.2, -0.15) is 4.98 Å². The van der Waals surface area contributed by atoms with Gasteiger partial charge < -0.3 is 40.7 Å². The molecule has 1 aliphatic heterocycles. The molecule has 5 N–H and O–H groups in total. The van der Waals surface area contributed by atoms with Crippen molar-refractivity contribution < 1.29 is 23.8 Å². The smallest absolute Gasteiger partial charge is 0.247 e. The monoisotopic (exact) mass is 614 g/mol. The minimum atomic E-state index is -1.38. The lowest BCUT2D eigenvalue weighted by Crippen LogP contribution is -2.48. The summed E-state index contributed by atoms with van der Waals surface area (Å²) >= 11 is 6.01. The van der Waals surface area contributed by atoms with Crippen LogP contribution in [0.3, 0.4) is 0 Å². The standard InChI is InChI=1S/C29H36ClFN8O4/c1-7-25(40)35-20-13-22(24(42-6)10-16(20)26-23(14-39(4)5)32-8-9-43-26)37-28-34-15-33-27(38-28)36-21-12-18(30)19(31)11-17(21)29(2,3)41/h7,10-13,15,23,26,32,41H,1,8-9,14H2,2-6H3,(H,35,40)(H2,33,34,36,37,38). The van der Waals surface area contributed by atoms with Crippen LogP contribution in [0.1, 0.15) is 31.1 Å². The van der Waals surface area contributed by atoms with Gasteiger partial charge in [-0.1, -0.05) is 18.2 Å². The molecule has 14 heteroatoms. The summed E-state index contributed by atoms with van der Waals surface area (Å²) < 4.78 is 26.1. The number of anilines is 5. The van der Waals surface area contributed by atoms with E-state index < -0.39 is 17.3 Å². The van der Waals surface area contributed by atoms with Crippen molar-refractivity contribution in [1.29, 1.82) is 0 Å². The van der Waals surface area contributed by atoms with Crippen molar-refractivity contribution in [2.75, 3.05) is 56.9 Å². The molecule has 1 aliphatic rings. The third kappa shape index (κ3) is 7.94. The lowest BCUT2D eigenvalue weighted by atomic mass is 9.96. The van der Waals surface area contributed by atoms with E-state index in [0.29, 0.717) is 42.5 Å². The fourth-order valence-electron chi connectivity index (χ4n) is 4.72. The summed E-state index contributed by atoms with van der Waals surface area (Å²) in [4.78, 5) is 27.3. The highest BCUT2D eigenvalue weighted by atomic mass is 35.5. The third-order valence-corrected chi connectivity index (χ3v) is 6.93. The number of ether oxygens (including phenoxy) is 2. The average molecular weight is 615 g/mol. The average Bonchev–Trinajstić information content (AvgIpc) is 2.94. The van der Waals surface area contributed by atoms with Crippen LogP contribution in [0.15, 0.2) is 43.2 Å². The molecule has 4 rings (SSSR count). The van der Waals surface area contributed by atoms with E-state index >= 15 is 0 Å². The van der Waals surface area contributed by atoms with Gasteiger partial charge in [0.25, 0.3) is 0 Å². The maximum Gasteiger partial charge on any atom is 0.247 e. The second-order valence-electron chi connectivity index (χ2n) is 10.7. The predicted octanol–water partition coefficient (Wildman–Crippen LogP) is 4.10. The zero-order valence-corrected chi connectivity index (χ0v) is 25.4. The number of carbonyl (C=O) groups excluding carboxylic acids is 1. The highest BCUT2D eigenvalue weighted by Gasteiger charge is 2.31. The number of amides is 1. The molecule has 0 saturated carbocycles. The molecule has 0 aliphatic carbocycles. The molecule has 43 heavy (non-hydrogen) atoms. The number of morpholine rings is 1. The number of methoxy groups -OCH3 is 1. The number of nitrogens with one attached hydrogen (secondary N) is 4. The molecule has 1 amide bonds. The summed E-state index contributed by atoms with van der Waals surface area (Å²) in [5, 5.41) is 22.9. The molecule has 1 saturated heterocycles. The van der Waals surface area contributed by atoms with Crippen LogP contribution in [-0.2, 0) is 15.1 Å². The van der Waals surface area contributed by atoms with Crippen LogP contribution in [0.25, 0.3) is 0 Å². The Morgan fingerprint density at radius 2 is 1.93 bits per heavy atom. The third-order valence-electron chi connectivity index (χ3n) is 6.64. The second kappa shape index (κ2) is 13.6. The minimum absolute atomic E-state index is 0.0439. The molecule has 2 unspecified atom stereocenters. The van der Waals surface area contributed by atoms with Gasteiger partial charge in [-0.25, -0.2) is 14.4 Å². The van der Waals surface area contributed by atoms with Gasteiger partial charge in [-0.05, 0) is 58.3 Å². The Morgan fingerprint density at radius 1 is 1.23 bits per heavy atom. The molecule has 0 bridgehead atoms. The maximum absolute atomic E-state index is 14.2. The Hall–Kier alpha value is -3.88. The lowest BCUT2D eigenvalue weighted by molar-refractivity contribution is -0.111. The molecule has 0 radical (unpaired) electrons. The van der Waals surface area contributed by atoms with E-state index in [1.165, 1.54) is 39.4 Å². The number of halogens is 2. The van der Waals surface area contributed by atoms with Crippen molar-refractivity contribution in [3.63, 3.8) is 0 Å². The minimum Gasteiger partial charge on any atom is -0.495 e. The van der Waals surface area contributed by atoms with Crippen LogP contribution in [0, 0.1) is 5.82 Å². The zero-order chi connectivity index (χ0) is 31.3. The fraction of sp³-hybridized carbons (Fsp3) is 0.379. The predicted molar refractivity (Wildman–Crippen MR) is 164 cm³/mol. The van der Waals surface area contributed by atoms with Crippen LogP contribution in [-0.4, -0.2) is 77.8 Å². The zero-order valence-electron chi connectivity index (χ0n) is 24.7. The van der Waals surface area contributed by atoms with Crippen molar-refractivity contribution in [2.24, 2.45) is 0 Å². The summed E-state index contributed by atoms with van der Waals surface area (Å²) in [6.45, 7) is 8.53.